The first-order chi connectivity index (χ1) is 8.81. The first-order valence-corrected chi connectivity index (χ1v) is 6.89. The Labute approximate surface area is 109 Å². The number of halogens is 1. The summed E-state index contributed by atoms with van der Waals surface area (Å²) < 4.78 is 39.5. The minimum Gasteiger partial charge on any atom is -0.398 e. The summed E-state index contributed by atoms with van der Waals surface area (Å²) in [6.45, 7) is 3.50. The third-order valence-corrected chi connectivity index (χ3v) is 4.16. The summed E-state index contributed by atoms with van der Waals surface area (Å²) >= 11 is 0. The van der Waals surface area contributed by atoms with Gasteiger partial charge >= 0.3 is 0 Å². The largest absolute Gasteiger partial charge is 0.398 e. The second-order valence-corrected chi connectivity index (χ2v) is 5.76. The summed E-state index contributed by atoms with van der Waals surface area (Å²) in [6, 6.07) is 3.10. The molecule has 1 aromatic carbocycles. The van der Waals surface area contributed by atoms with E-state index in [1.165, 1.54) is 0 Å². The summed E-state index contributed by atoms with van der Waals surface area (Å²) in [4.78, 5) is -0.186. The van der Waals surface area contributed by atoms with E-state index in [4.69, 9.17) is 5.73 Å². The summed E-state index contributed by atoms with van der Waals surface area (Å²) in [5.74, 6) is -0.399. The third-order valence-electron chi connectivity index (χ3n) is 2.75. The second-order valence-electron chi connectivity index (χ2n) is 4.11. The van der Waals surface area contributed by atoms with Gasteiger partial charge in [-0.05, 0) is 32.0 Å². The zero-order chi connectivity index (χ0) is 14.2. The molecule has 0 aliphatic carbocycles. The van der Waals surface area contributed by atoms with Gasteiger partial charge in [0.25, 0.3) is 10.0 Å². The van der Waals surface area contributed by atoms with Crippen molar-refractivity contribution in [2.75, 3.05) is 10.5 Å². The predicted molar refractivity (Wildman–Crippen MR) is 69.7 cm³/mol. The summed E-state index contributed by atoms with van der Waals surface area (Å²) in [6.07, 6.45) is 0. The number of hydrogen-bond donors (Lipinski definition) is 3. The van der Waals surface area contributed by atoms with E-state index in [-0.39, 0.29) is 16.4 Å². The quantitative estimate of drug-likeness (QED) is 0.744. The number of aryl methyl sites for hydroxylation is 1. The average molecular weight is 284 g/mol. The lowest BCUT2D eigenvalue weighted by atomic mass is 10.3. The molecule has 0 atom stereocenters. The summed E-state index contributed by atoms with van der Waals surface area (Å²) in [5.41, 5.74) is 6.80. The maximum absolute atomic E-state index is 12.9. The van der Waals surface area contributed by atoms with Crippen LogP contribution < -0.4 is 10.5 Å². The number of rotatable bonds is 3. The molecule has 0 bridgehead atoms. The van der Waals surface area contributed by atoms with Crippen molar-refractivity contribution in [3.8, 4) is 0 Å². The molecule has 0 unspecified atom stereocenters. The fraction of sp³-hybridized carbons (Fsp3) is 0.182. The van der Waals surface area contributed by atoms with Crippen molar-refractivity contribution in [3.05, 3.63) is 35.3 Å². The number of nitrogens with zero attached hydrogens (tertiary/aromatic N) is 1. The predicted octanol–water partition coefficient (Wildman–Crippen LogP) is 1.55. The summed E-state index contributed by atoms with van der Waals surface area (Å²) in [5, 5.41) is 6.51. The highest BCUT2D eigenvalue weighted by Crippen LogP contribution is 2.23. The van der Waals surface area contributed by atoms with Crippen LogP contribution in [-0.4, -0.2) is 18.6 Å². The lowest BCUT2D eigenvalue weighted by molar-refractivity contribution is 0.600. The Bertz CT molecular complexity index is 724. The van der Waals surface area contributed by atoms with Gasteiger partial charge in [-0.3, -0.25) is 9.82 Å². The van der Waals surface area contributed by atoms with E-state index in [0.29, 0.717) is 5.56 Å². The minimum absolute atomic E-state index is 0.155. The van der Waals surface area contributed by atoms with Gasteiger partial charge in [0.15, 0.2) is 5.82 Å². The van der Waals surface area contributed by atoms with E-state index in [2.05, 4.69) is 14.9 Å². The molecule has 0 aliphatic rings. The van der Waals surface area contributed by atoms with E-state index in [1.807, 2.05) is 0 Å². The fourth-order valence-electron chi connectivity index (χ4n) is 1.53. The number of H-pyrrole nitrogens is 1. The van der Waals surface area contributed by atoms with E-state index in [9.17, 15) is 12.8 Å². The highest BCUT2D eigenvalue weighted by Gasteiger charge is 2.20. The molecule has 2 rings (SSSR count). The molecule has 8 heteroatoms. The number of sulfonamides is 1. The molecule has 102 valence electrons. The van der Waals surface area contributed by atoms with Crippen LogP contribution in [-0.2, 0) is 10.0 Å². The number of aromatic nitrogens is 2. The molecular weight excluding hydrogens is 271 g/mol. The van der Waals surface area contributed by atoms with E-state index in [1.54, 1.807) is 13.8 Å². The van der Waals surface area contributed by atoms with Crippen LogP contribution in [0, 0.1) is 19.7 Å². The molecule has 2 aromatic rings. The lowest BCUT2D eigenvalue weighted by Gasteiger charge is -2.08. The van der Waals surface area contributed by atoms with Gasteiger partial charge in [-0.25, -0.2) is 12.8 Å². The van der Waals surface area contributed by atoms with Gasteiger partial charge in [0, 0.05) is 11.3 Å². The molecule has 19 heavy (non-hydrogen) atoms. The highest BCUT2D eigenvalue weighted by molar-refractivity contribution is 7.92. The van der Waals surface area contributed by atoms with Gasteiger partial charge in [-0.1, -0.05) is 0 Å². The third kappa shape index (κ3) is 2.53. The van der Waals surface area contributed by atoms with Gasteiger partial charge < -0.3 is 5.73 Å². The van der Waals surface area contributed by atoms with Crippen LogP contribution >= 0.6 is 0 Å². The zero-order valence-electron chi connectivity index (χ0n) is 10.4. The van der Waals surface area contributed by atoms with E-state index >= 15 is 0 Å². The topological polar surface area (TPSA) is 101 Å². The van der Waals surface area contributed by atoms with Crippen molar-refractivity contribution >= 4 is 21.5 Å². The van der Waals surface area contributed by atoms with Crippen molar-refractivity contribution in [1.29, 1.82) is 0 Å². The molecule has 0 saturated heterocycles. The van der Waals surface area contributed by atoms with E-state index < -0.39 is 15.8 Å². The van der Waals surface area contributed by atoms with Crippen molar-refractivity contribution in [3.63, 3.8) is 0 Å². The number of hydrogen-bond acceptors (Lipinski definition) is 4. The fourth-order valence-corrected chi connectivity index (χ4v) is 2.71. The number of nitrogens with one attached hydrogen (secondary N) is 2. The molecule has 0 spiro atoms. The van der Waals surface area contributed by atoms with Crippen molar-refractivity contribution in [2.45, 2.75) is 18.7 Å². The molecule has 4 N–H and O–H groups in total. The first-order valence-electron chi connectivity index (χ1n) is 5.40. The number of anilines is 2. The standard InChI is InChI=1S/C11H13FN4O2S/c1-6-7(2)14-15-11(6)16-19(17,18)10-4-3-8(12)5-9(10)13/h3-5H,13H2,1-2H3,(H2,14,15,16). The van der Waals surface area contributed by atoms with Crippen LogP contribution in [0.2, 0.25) is 0 Å². The van der Waals surface area contributed by atoms with Crippen LogP contribution in [0.3, 0.4) is 0 Å². The minimum atomic E-state index is -3.89. The highest BCUT2D eigenvalue weighted by atomic mass is 32.2. The SMILES string of the molecule is Cc1[nH]nc(NS(=O)(=O)c2ccc(F)cc2N)c1C. The van der Waals surface area contributed by atoms with Crippen LogP contribution in [0.1, 0.15) is 11.3 Å². The Morgan fingerprint density at radius 3 is 2.58 bits per heavy atom. The van der Waals surface area contributed by atoms with Gasteiger partial charge in [0.05, 0.1) is 5.69 Å². The Hall–Kier alpha value is -2.09. The van der Waals surface area contributed by atoms with Gasteiger partial charge in [-0.15, -0.1) is 0 Å². The maximum atomic E-state index is 12.9. The van der Waals surface area contributed by atoms with Crippen molar-refractivity contribution < 1.29 is 12.8 Å². The molecule has 0 radical (unpaired) electrons. The first kappa shape index (κ1) is 13.3. The van der Waals surface area contributed by atoms with Gasteiger partial charge in [0.1, 0.15) is 10.7 Å². The molecular formula is C11H13FN4O2S. The maximum Gasteiger partial charge on any atom is 0.265 e. The number of nitrogens with two attached hydrogens (primary N) is 1. The van der Waals surface area contributed by atoms with Crippen LogP contribution in [0.25, 0.3) is 0 Å². The molecule has 0 fully saturated rings. The second kappa shape index (κ2) is 4.54. The van der Waals surface area contributed by atoms with Crippen LogP contribution in [0.5, 0.6) is 0 Å². The zero-order valence-corrected chi connectivity index (χ0v) is 11.2. The monoisotopic (exact) mass is 284 g/mol. The Balaban J connectivity index is 2.41. The van der Waals surface area contributed by atoms with Gasteiger partial charge in [0.2, 0.25) is 0 Å². The Morgan fingerprint density at radius 1 is 1.37 bits per heavy atom. The molecule has 0 amide bonds. The molecule has 6 nitrogen and oxygen atoms in total. The lowest BCUT2D eigenvalue weighted by Crippen LogP contribution is -2.15. The van der Waals surface area contributed by atoms with Gasteiger partial charge in [-0.2, -0.15) is 5.10 Å². The average Bonchev–Trinajstić information content (AvgIpc) is 2.60. The number of aromatic amines is 1. The van der Waals surface area contributed by atoms with Crippen LogP contribution in [0.4, 0.5) is 15.9 Å². The number of benzene rings is 1. The van der Waals surface area contributed by atoms with E-state index in [0.717, 1.165) is 23.9 Å². The normalized spacial score (nSPS) is 11.5. The Kier molecular flexibility index (Phi) is 3.19. The summed E-state index contributed by atoms with van der Waals surface area (Å²) in [7, 11) is -3.89. The molecule has 1 heterocycles. The van der Waals surface area contributed by atoms with Crippen LogP contribution in [0.15, 0.2) is 23.1 Å². The Morgan fingerprint density at radius 2 is 2.05 bits per heavy atom. The molecule has 0 aliphatic heterocycles. The molecule has 1 aromatic heterocycles. The smallest absolute Gasteiger partial charge is 0.265 e. The van der Waals surface area contributed by atoms with Crippen molar-refractivity contribution in [1.82, 2.24) is 10.2 Å². The van der Waals surface area contributed by atoms with Crippen molar-refractivity contribution in [2.24, 2.45) is 0 Å². The molecule has 0 saturated carbocycles. The number of nitrogen functional groups attached to an aromatic ring is 1.